The molecule has 3 N–H and O–H groups in total. The minimum absolute atomic E-state index is 0.0271. The highest BCUT2D eigenvalue weighted by molar-refractivity contribution is 6.32. The summed E-state index contributed by atoms with van der Waals surface area (Å²) < 4.78 is 5.11. The lowest BCUT2D eigenvalue weighted by molar-refractivity contribution is -0.384. The Hall–Kier alpha value is -3.79. The number of carbonyl (C=O) groups is 1. The van der Waals surface area contributed by atoms with Gasteiger partial charge in [-0.25, -0.2) is 4.79 Å². The molecule has 0 unspecified atom stereocenters. The third kappa shape index (κ3) is 4.68. The third-order valence-corrected chi connectivity index (χ3v) is 3.76. The minimum atomic E-state index is -0.795. The molecule has 10 nitrogen and oxygen atoms in total. The number of halogens is 1. The first kappa shape index (κ1) is 19.0. The van der Waals surface area contributed by atoms with E-state index in [1.165, 1.54) is 12.1 Å². The number of ether oxygens (including phenoxy) is 1. The number of nitrogens with zero attached hydrogens (tertiary/aromatic N) is 4. The van der Waals surface area contributed by atoms with Gasteiger partial charge in [0.2, 0.25) is 11.9 Å². The smallest absolute Gasteiger partial charge is 0.338 e. The van der Waals surface area contributed by atoms with Crippen molar-refractivity contribution < 1.29 is 14.5 Å². The second-order valence-corrected chi connectivity index (χ2v) is 5.83. The maximum atomic E-state index is 12.2. The number of aromatic nitrogens is 3. The lowest BCUT2D eigenvalue weighted by atomic mass is 10.2. The molecule has 0 aliphatic heterocycles. The number of nitro groups is 1. The number of hydrogen-bond acceptors (Lipinski definition) is 9. The number of benzene rings is 2. The fourth-order valence-electron chi connectivity index (χ4n) is 2.20. The van der Waals surface area contributed by atoms with Gasteiger partial charge in [0.05, 0.1) is 10.5 Å². The maximum Gasteiger partial charge on any atom is 0.338 e. The highest BCUT2D eigenvalue weighted by Gasteiger charge is 2.17. The Balaban J connectivity index is 1.71. The van der Waals surface area contributed by atoms with Gasteiger partial charge >= 0.3 is 5.97 Å². The van der Waals surface area contributed by atoms with Gasteiger partial charge in [-0.15, -0.1) is 0 Å². The monoisotopic (exact) mass is 400 g/mol. The molecule has 11 heteroatoms. The Bertz CT molecular complexity index is 1030. The van der Waals surface area contributed by atoms with Crippen LogP contribution >= 0.6 is 11.6 Å². The first-order chi connectivity index (χ1) is 13.4. The summed E-state index contributed by atoms with van der Waals surface area (Å²) in [6.45, 7) is -0.300. The van der Waals surface area contributed by atoms with Crippen LogP contribution in [0.4, 0.5) is 23.3 Å². The van der Waals surface area contributed by atoms with Crippen LogP contribution in [0.5, 0.6) is 0 Å². The SMILES string of the molecule is Nc1nc(COC(=O)c2ccc(Cl)c([N+](=O)[O-])c2)nc(Nc2ccccc2)n1. The lowest BCUT2D eigenvalue weighted by Gasteiger charge is -2.08. The summed E-state index contributed by atoms with van der Waals surface area (Å²) >= 11 is 5.73. The van der Waals surface area contributed by atoms with Gasteiger partial charge in [0.15, 0.2) is 12.4 Å². The number of para-hydroxylation sites is 1. The maximum absolute atomic E-state index is 12.2. The van der Waals surface area contributed by atoms with Crippen molar-refractivity contribution in [2.75, 3.05) is 11.1 Å². The summed E-state index contributed by atoms with van der Waals surface area (Å²) in [7, 11) is 0. The lowest BCUT2D eigenvalue weighted by Crippen LogP contribution is -2.11. The number of anilines is 3. The summed E-state index contributed by atoms with van der Waals surface area (Å²) in [5.74, 6) is -0.549. The van der Waals surface area contributed by atoms with Crippen LogP contribution in [0.2, 0.25) is 5.02 Å². The van der Waals surface area contributed by atoms with E-state index < -0.39 is 16.6 Å². The Morgan fingerprint density at radius 2 is 1.93 bits per heavy atom. The zero-order valence-corrected chi connectivity index (χ0v) is 15.0. The fraction of sp³-hybridized carbons (Fsp3) is 0.0588. The van der Waals surface area contributed by atoms with E-state index in [0.29, 0.717) is 0 Å². The molecule has 0 radical (unpaired) electrons. The standard InChI is InChI=1S/C17H13ClN6O4/c18-12-7-6-10(8-13(12)24(26)27)15(25)28-9-14-21-16(19)23-17(22-14)20-11-4-2-1-3-5-11/h1-8H,9H2,(H3,19,20,21,22,23). The Morgan fingerprint density at radius 1 is 1.18 bits per heavy atom. The summed E-state index contributed by atoms with van der Waals surface area (Å²) in [5, 5.41) is 13.8. The zero-order chi connectivity index (χ0) is 20.1. The van der Waals surface area contributed by atoms with Crippen molar-refractivity contribution in [3.05, 3.63) is 75.1 Å². The van der Waals surface area contributed by atoms with Gasteiger partial charge in [0.1, 0.15) is 5.02 Å². The van der Waals surface area contributed by atoms with Crippen LogP contribution in [-0.4, -0.2) is 25.8 Å². The van der Waals surface area contributed by atoms with Gasteiger partial charge in [0.25, 0.3) is 5.69 Å². The van der Waals surface area contributed by atoms with Gasteiger partial charge in [-0.3, -0.25) is 10.1 Å². The predicted molar refractivity (Wildman–Crippen MR) is 101 cm³/mol. The molecule has 0 saturated carbocycles. The van der Waals surface area contributed by atoms with Gasteiger partial charge < -0.3 is 15.8 Å². The fourth-order valence-corrected chi connectivity index (χ4v) is 2.39. The molecule has 28 heavy (non-hydrogen) atoms. The van der Waals surface area contributed by atoms with E-state index in [1.54, 1.807) is 0 Å². The number of carbonyl (C=O) groups excluding carboxylic acids is 1. The van der Waals surface area contributed by atoms with Crippen molar-refractivity contribution in [3.8, 4) is 0 Å². The van der Waals surface area contributed by atoms with Crippen molar-refractivity contribution in [2.24, 2.45) is 0 Å². The summed E-state index contributed by atoms with van der Waals surface area (Å²) in [6.07, 6.45) is 0. The molecule has 0 fully saturated rings. The molecule has 3 aromatic rings. The minimum Gasteiger partial charge on any atom is -0.454 e. The van der Waals surface area contributed by atoms with Gasteiger partial charge in [-0.1, -0.05) is 29.8 Å². The van der Waals surface area contributed by atoms with Gasteiger partial charge in [0, 0.05) is 11.8 Å². The summed E-state index contributed by atoms with van der Waals surface area (Å²) in [6, 6.07) is 12.8. The molecule has 2 aromatic carbocycles. The van der Waals surface area contributed by atoms with Crippen LogP contribution < -0.4 is 11.1 Å². The normalized spacial score (nSPS) is 10.3. The topological polar surface area (TPSA) is 146 Å². The number of nitro benzene ring substituents is 1. The molecular formula is C17H13ClN6O4. The van der Waals surface area contributed by atoms with Crippen LogP contribution in [0.15, 0.2) is 48.5 Å². The van der Waals surface area contributed by atoms with Crippen LogP contribution in [-0.2, 0) is 11.3 Å². The van der Waals surface area contributed by atoms with E-state index >= 15 is 0 Å². The molecule has 0 saturated heterocycles. The first-order valence-corrected chi connectivity index (χ1v) is 8.24. The molecule has 0 amide bonds. The van der Waals surface area contributed by atoms with E-state index in [1.807, 2.05) is 30.3 Å². The predicted octanol–water partition coefficient (Wildman–Crippen LogP) is 3.12. The van der Waals surface area contributed by atoms with Crippen molar-refractivity contribution in [1.29, 1.82) is 0 Å². The quantitative estimate of drug-likeness (QED) is 0.361. The molecular weight excluding hydrogens is 388 g/mol. The molecule has 142 valence electrons. The number of rotatable bonds is 6. The number of esters is 1. The summed E-state index contributed by atoms with van der Waals surface area (Å²) in [5.41, 5.74) is 5.99. The molecule has 0 spiro atoms. The van der Waals surface area contributed by atoms with Gasteiger partial charge in [-0.05, 0) is 24.3 Å². The van der Waals surface area contributed by atoms with Crippen molar-refractivity contribution >= 4 is 40.8 Å². The van der Waals surface area contributed by atoms with Crippen LogP contribution in [0, 0.1) is 10.1 Å². The second kappa shape index (κ2) is 8.27. The average molecular weight is 401 g/mol. The van der Waals surface area contributed by atoms with E-state index in [4.69, 9.17) is 22.1 Å². The van der Waals surface area contributed by atoms with E-state index in [9.17, 15) is 14.9 Å². The van der Waals surface area contributed by atoms with Crippen LogP contribution in [0.1, 0.15) is 16.2 Å². The van der Waals surface area contributed by atoms with Crippen LogP contribution in [0.25, 0.3) is 0 Å². The molecule has 0 aliphatic carbocycles. The number of hydrogen-bond donors (Lipinski definition) is 2. The molecule has 3 rings (SSSR count). The number of nitrogens with two attached hydrogens (primary N) is 1. The average Bonchev–Trinajstić information content (AvgIpc) is 2.66. The third-order valence-electron chi connectivity index (χ3n) is 3.44. The van der Waals surface area contributed by atoms with Gasteiger partial charge in [-0.2, -0.15) is 15.0 Å². The molecule has 0 aliphatic rings. The Morgan fingerprint density at radius 3 is 2.64 bits per heavy atom. The van der Waals surface area contributed by atoms with E-state index in [0.717, 1.165) is 11.8 Å². The largest absolute Gasteiger partial charge is 0.454 e. The molecule has 1 heterocycles. The van der Waals surface area contributed by atoms with Crippen LogP contribution in [0.3, 0.4) is 0 Å². The zero-order valence-electron chi connectivity index (χ0n) is 14.2. The molecule has 0 bridgehead atoms. The Kier molecular flexibility index (Phi) is 5.61. The highest BCUT2D eigenvalue weighted by atomic mass is 35.5. The number of nitrogen functional groups attached to an aromatic ring is 1. The number of nitrogens with one attached hydrogen (secondary N) is 1. The molecule has 0 atom stereocenters. The molecule has 1 aromatic heterocycles. The van der Waals surface area contributed by atoms with E-state index in [-0.39, 0.29) is 34.9 Å². The summed E-state index contributed by atoms with van der Waals surface area (Å²) in [4.78, 5) is 34.4. The van der Waals surface area contributed by atoms with Crippen molar-refractivity contribution in [3.63, 3.8) is 0 Å². The van der Waals surface area contributed by atoms with Crippen molar-refractivity contribution in [2.45, 2.75) is 6.61 Å². The Labute approximate surface area is 163 Å². The highest BCUT2D eigenvalue weighted by Crippen LogP contribution is 2.25. The first-order valence-electron chi connectivity index (χ1n) is 7.86. The van der Waals surface area contributed by atoms with E-state index in [2.05, 4.69) is 20.3 Å². The second-order valence-electron chi connectivity index (χ2n) is 5.42. The van der Waals surface area contributed by atoms with Crippen molar-refractivity contribution in [1.82, 2.24) is 15.0 Å².